The van der Waals surface area contributed by atoms with Crippen LogP contribution in [0.1, 0.15) is 60.5 Å². The first kappa shape index (κ1) is 25.5. The minimum atomic E-state index is -0.214. The van der Waals surface area contributed by atoms with Crippen LogP contribution in [-0.2, 0) is 9.47 Å². The fraction of sp³-hybridized carbons (Fsp3) is 0.393. The molecule has 182 valence electrons. The van der Waals surface area contributed by atoms with E-state index in [1.54, 1.807) is 50.6 Å². The molecule has 0 spiro atoms. The van der Waals surface area contributed by atoms with Crippen molar-refractivity contribution >= 4 is 11.9 Å². The predicted molar refractivity (Wildman–Crippen MR) is 133 cm³/mol. The third kappa shape index (κ3) is 6.72. The van der Waals surface area contributed by atoms with E-state index in [0.717, 1.165) is 42.6 Å². The maximum Gasteiger partial charge on any atom is 0.199 e. The highest BCUT2D eigenvalue weighted by atomic mass is 16.7. The number of benzene rings is 2. The van der Waals surface area contributed by atoms with Crippen LogP contribution in [0.3, 0.4) is 0 Å². The zero-order valence-electron chi connectivity index (χ0n) is 20.5. The Balaban J connectivity index is 1.78. The highest BCUT2D eigenvalue weighted by Crippen LogP contribution is 2.37. The molecule has 1 unspecified atom stereocenters. The van der Waals surface area contributed by atoms with Crippen molar-refractivity contribution in [1.82, 2.24) is 0 Å². The van der Waals surface area contributed by atoms with E-state index in [1.165, 1.54) is 0 Å². The van der Waals surface area contributed by atoms with Crippen molar-refractivity contribution in [3.8, 4) is 17.2 Å². The van der Waals surface area contributed by atoms with Crippen LogP contribution in [0.2, 0.25) is 0 Å². The summed E-state index contributed by atoms with van der Waals surface area (Å²) in [4.78, 5) is 12.8. The number of hydrogen-bond acceptors (Lipinski definition) is 6. The van der Waals surface area contributed by atoms with Gasteiger partial charge in [-0.25, -0.2) is 0 Å². The van der Waals surface area contributed by atoms with E-state index >= 15 is 0 Å². The van der Waals surface area contributed by atoms with Gasteiger partial charge in [0.15, 0.2) is 18.9 Å². The number of carbonyl (C=O) groups is 1. The largest absolute Gasteiger partial charge is 0.496 e. The topological polar surface area (TPSA) is 63.2 Å². The van der Waals surface area contributed by atoms with Crippen LogP contribution in [-0.4, -0.2) is 39.7 Å². The Hall–Kier alpha value is -3.09. The zero-order valence-corrected chi connectivity index (χ0v) is 20.5. The number of ether oxygens (including phenoxy) is 5. The average Bonchev–Trinajstić information content (AvgIpc) is 2.86. The van der Waals surface area contributed by atoms with Gasteiger partial charge < -0.3 is 23.7 Å². The lowest BCUT2D eigenvalue weighted by atomic mass is 9.92. The van der Waals surface area contributed by atoms with Crippen LogP contribution in [0.15, 0.2) is 54.6 Å². The number of ketones is 1. The maximum atomic E-state index is 12.8. The third-order valence-corrected chi connectivity index (χ3v) is 5.86. The van der Waals surface area contributed by atoms with E-state index in [0.29, 0.717) is 22.8 Å². The summed E-state index contributed by atoms with van der Waals surface area (Å²) in [6.45, 7) is 8.96. The summed E-state index contributed by atoms with van der Waals surface area (Å²) in [5.74, 6) is 1.90. The Morgan fingerprint density at radius 3 is 2.56 bits per heavy atom. The fourth-order valence-electron chi connectivity index (χ4n) is 3.67. The first-order valence-electron chi connectivity index (χ1n) is 11.5. The van der Waals surface area contributed by atoms with Gasteiger partial charge in [-0.2, -0.15) is 0 Å². The lowest BCUT2D eigenvalue weighted by Crippen LogP contribution is -2.24. The van der Waals surface area contributed by atoms with Gasteiger partial charge in [-0.1, -0.05) is 19.1 Å². The SMILES string of the molecule is C=C(C)[C@H](C)c1cc(/C=C/C(=O)c2ccc(OC3CCCCO3)cc2)c(OC)cc1OCOC. The van der Waals surface area contributed by atoms with Crippen LogP contribution in [0.5, 0.6) is 17.2 Å². The molecule has 6 heteroatoms. The van der Waals surface area contributed by atoms with Gasteiger partial charge in [0, 0.05) is 42.2 Å². The van der Waals surface area contributed by atoms with Gasteiger partial charge in [0.1, 0.15) is 17.2 Å². The monoisotopic (exact) mass is 466 g/mol. The molecule has 0 radical (unpaired) electrons. The van der Waals surface area contributed by atoms with Crippen molar-refractivity contribution in [2.24, 2.45) is 0 Å². The number of carbonyl (C=O) groups excluding carboxylic acids is 1. The van der Waals surface area contributed by atoms with E-state index in [1.807, 2.05) is 19.1 Å². The summed E-state index contributed by atoms with van der Waals surface area (Å²) in [5.41, 5.74) is 3.30. The van der Waals surface area contributed by atoms with Crippen LogP contribution in [0.25, 0.3) is 6.08 Å². The van der Waals surface area contributed by atoms with Crippen molar-refractivity contribution < 1.29 is 28.5 Å². The molecular formula is C28H34O6. The summed E-state index contributed by atoms with van der Waals surface area (Å²) in [6, 6.07) is 10.9. The van der Waals surface area contributed by atoms with Crippen LogP contribution in [0, 0.1) is 0 Å². The average molecular weight is 467 g/mol. The molecule has 1 aliphatic rings. The standard InChI is InChI=1S/C28H34O6/c1-19(2)20(3)24-16-22(26(31-5)17-27(24)33-18-30-4)11-14-25(29)21-9-12-23(13-10-21)34-28-8-6-7-15-32-28/h9-14,16-17,20,28H,1,6-8,15,18H2,2-5H3/b14-11+/t20-,28?/m0/s1. The molecule has 0 saturated carbocycles. The number of hydrogen-bond donors (Lipinski definition) is 0. The highest BCUT2D eigenvalue weighted by Gasteiger charge is 2.17. The van der Waals surface area contributed by atoms with Gasteiger partial charge in [0.05, 0.1) is 13.7 Å². The molecule has 6 nitrogen and oxygen atoms in total. The van der Waals surface area contributed by atoms with E-state index in [9.17, 15) is 4.79 Å². The quantitative estimate of drug-likeness (QED) is 0.171. The van der Waals surface area contributed by atoms with Gasteiger partial charge in [-0.3, -0.25) is 4.79 Å². The van der Waals surface area contributed by atoms with Gasteiger partial charge in [0.2, 0.25) is 0 Å². The van der Waals surface area contributed by atoms with E-state index in [2.05, 4.69) is 13.5 Å². The minimum absolute atomic E-state index is 0.0568. The summed E-state index contributed by atoms with van der Waals surface area (Å²) in [6.07, 6.45) is 6.14. The number of rotatable bonds is 11. The Morgan fingerprint density at radius 2 is 1.94 bits per heavy atom. The predicted octanol–water partition coefficient (Wildman–Crippen LogP) is 6.16. The smallest absolute Gasteiger partial charge is 0.199 e. The lowest BCUT2D eigenvalue weighted by molar-refractivity contribution is -0.105. The summed E-state index contributed by atoms with van der Waals surface area (Å²) in [5, 5.41) is 0. The molecule has 1 heterocycles. The molecule has 0 N–H and O–H groups in total. The second-order valence-electron chi connectivity index (χ2n) is 8.39. The molecule has 1 saturated heterocycles. The van der Waals surface area contributed by atoms with Gasteiger partial charge >= 0.3 is 0 Å². The molecular weight excluding hydrogens is 432 g/mol. The lowest BCUT2D eigenvalue weighted by Gasteiger charge is -2.23. The second kappa shape index (κ2) is 12.4. The Kier molecular flexibility index (Phi) is 9.31. The second-order valence-corrected chi connectivity index (χ2v) is 8.39. The van der Waals surface area contributed by atoms with E-state index in [4.69, 9.17) is 23.7 Å². The van der Waals surface area contributed by atoms with Crippen molar-refractivity contribution in [3.63, 3.8) is 0 Å². The van der Waals surface area contributed by atoms with E-state index in [-0.39, 0.29) is 24.8 Å². The third-order valence-electron chi connectivity index (χ3n) is 5.86. The Labute approximate surface area is 202 Å². The van der Waals surface area contributed by atoms with E-state index < -0.39 is 0 Å². The molecule has 0 aliphatic carbocycles. The van der Waals surface area contributed by atoms with Gasteiger partial charge in [-0.15, -0.1) is 0 Å². The van der Waals surface area contributed by atoms with Crippen molar-refractivity contribution in [3.05, 3.63) is 71.3 Å². The molecule has 2 atom stereocenters. The van der Waals surface area contributed by atoms with Crippen LogP contribution in [0.4, 0.5) is 0 Å². The number of allylic oxidation sites excluding steroid dienone is 2. The zero-order chi connectivity index (χ0) is 24.5. The number of methoxy groups -OCH3 is 2. The van der Waals surface area contributed by atoms with Crippen molar-refractivity contribution in [1.29, 1.82) is 0 Å². The van der Waals surface area contributed by atoms with Gasteiger partial charge in [0.25, 0.3) is 0 Å². The molecule has 0 bridgehead atoms. The molecule has 2 aromatic rings. The first-order chi connectivity index (χ1) is 16.4. The van der Waals surface area contributed by atoms with Crippen molar-refractivity contribution in [2.75, 3.05) is 27.6 Å². The summed E-state index contributed by atoms with van der Waals surface area (Å²) >= 11 is 0. The molecule has 0 amide bonds. The van der Waals surface area contributed by atoms with Crippen LogP contribution >= 0.6 is 0 Å². The Morgan fingerprint density at radius 1 is 1.18 bits per heavy atom. The fourth-order valence-corrected chi connectivity index (χ4v) is 3.67. The van der Waals surface area contributed by atoms with Gasteiger partial charge in [-0.05, 0) is 62.2 Å². The van der Waals surface area contributed by atoms with Crippen LogP contribution < -0.4 is 14.2 Å². The summed E-state index contributed by atoms with van der Waals surface area (Å²) in [7, 11) is 3.16. The highest BCUT2D eigenvalue weighted by molar-refractivity contribution is 6.07. The maximum absolute atomic E-state index is 12.8. The molecule has 0 aromatic heterocycles. The first-order valence-corrected chi connectivity index (χ1v) is 11.5. The molecule has 3 rings (SSSR count). The Bertz CT molecular complexity index is 1000. The molecule has 1 aliphatic heterocycles. The molecule has 1 fully saturated rings. The minimum Gasteiger partial charge on any atom is -0.496 e. The van der Waals surface area contributed by atoms with Crippen molar-refractivity contribution in [2.45, 2.75) is 45.3 Å². The normalized spacial score (nSPS) is 16.8. The molecule has 34 heavy (non-hydrogen) atoms. The molecule has 2 aromatic carbocycles. The summed E-state index contributed by atoms with van der Waals surface area (Å²) < 4.78 is 27.8.